The molecule has 168 valence electrons. The van der Waals surface area contributed by atoms with Crippen LogP contribution >= 0.6 is 11.3 Å². The molecule has 2 amide bonds. The van der Waals surface area contributed by atoms with E-state index in [1.54, 1.807) is 37.4 Å². The summed E-state index contributed by atoms with van der Waals surface area (Å²) in [5, 5.41) is 5.00. The van der Waals surface area contributed by atoms with Gasteiger partial charge in [0.15, 0.2) is 11.5 Å². The minimum atomic E-state index is -0.425. The number of amides is 2. The van der Waals surface area contributed by atoms with Crippen molar-refractivity contribution in [3.8, 4) is 23.0 Å². The topological polar surface area (TPSA) is 86.3 Å². The van der Waals surface area contributed by atoms with Crippen LogP contribution in [0.4, 0.5) is 5.69 Å². The Bertz CT molecular complexity index is 1270. The smallest absolute Gasteiger partial charge is 0.278 e. The molecular weight excluding hydrogens is 444 g/mol. The number of ether oxygens (including phenoxy) is 4. The largest absolute Gasteiger partial charge is 0.497 e. The van der Waals surface area contributed by atoms with Gasteiger partial charge in [0.05, 0.1) is 32.0 Å². The number of methoxy groups -OCH3 is 2. The molecule has 0 atom stereocenters. The number of imide groups is 1. The molecule has 9 heteroatoms. The summed E-state index contributed by atoms with van der Waals surface area (Å²) >= 11 is 1.39. The van der Waals surface area contributed by atoms with E-state index in [2.05, 4.69) is 5.32 Å². The highest BCUT2D eigenvalue weighted by atomic mass is 32.1. The van der Waals surface area contributed by atoms with E-state index < -0.39 is 5.91 Å². The van der Waals surface area contributed by atoms with E-state index in [1.807, 2.05) is 23.6 Å². The zero-order chi connectivity index (χ0) is 22.9. The van der Waals surface area contributed by atoms with E-state index in [0.29, 0.717) is 39.1 Å². The third-order valence-corrected chi connectivity index (χ3v) is 6.27. The number of nitrogens with one attached hydrogen (secondary N) is 1. The summed E-state index contributed by atoms with van der Waals surface area (Å²) in [6.07, 6.45) is 0. The first-order chi connectivity index (χ1) is 16.1. The van der Waals surface area contributed by atoms with Gasteiger partial charge in [-0.3, -0.25) is 14.5 Å². The molecule has 2 aliphatic heterocycles. The number of hydrogen-bond donors (Lipinski definition) is 1. The molecule has 0 bridgehead atoms. The third-order valence-electron chi connectivity index (χ3n) is 5.38. The lowest BCUT2D eigenvalue weighted by molar-refractivity contribution is -0.137. The zero-order valence-electron chi connectivity index (χ0n) is 17.9. The fourth-order valence-electron chi connectivity index (χ4n) is 3.75. The molecule has 2 aromatic carbocycles. The number of hydrogen-bond acceptors (Lipinski definition) is 8. The van der Waals surface area contributed by atoms with Gasteiger partial charge in [0.25, 0.3) is 11.8 Å². The molecule has 3 heterocycles. The van der Waals surface area contributed by atoms with Gasteiger partial charge in [0, 0.05) is 10.9 Å². The Hall–Kier alpha value is -3.98. The lowest BCUT2D eigenvalue weighted by atomic mass is 10.1. The maximum Gasteiger partial charge on any atom is 0.278 e. The van der Waals surface area contributed by atoms with Gasteiger partial charge in [-0.1, -0.05) is 12.1 Å². The van der Waals surface area contributed by atoms with Crippen molar-refractivity contribution in [2.24, 2.45) is 0 Å². The van der Waals surface area contributed by atoms with Crippen LogP contribution in [0.5, 0.6) is 23.0 Å². The predicted octanol–water partition coefficient (Wildman–Crippen LogP) is 3.89. The SMILES string of the molecule is COc1ccc(OC)c(NC2=C(c3cccs3)C(=O)N(Cc3ccc4c(c3)OCO4)C2=O)c1. The molecule has 3 aromatic rings. The van der Waals surface area contributed by atoms with Crippen molar-refractivity contribution < 1.29 is 28.5 Å². The summed E-state index contributed by atoms with van der Waals surface area (Å²) < 4.78 is 21.5. The zero-order valence-corrected chi connectivity index (χ0v) is 18.7. The molecule has 0 saturated heterocycles. The number of carbonyl (C=O) groups is 2. The number of carbonyl (C=O) groups excluding carboxylic acids is 2. The van der Waals surface area contributed by atoms with Crippen LogP contribution in [-0.2, 0) is 16.1 Å². The molecule has 8 nitrogen and oxygen atoms in total. The Morgan fingerprint density at radius 2 is 1.85 bits per heavy atom. The summed E-state index contributed by atoms with van der Waals surface area (Å²) in [5.74, 6) is 1.55. The van der Waals surface area contributed by atoms with Gasteiger partial charge in [0.2, 0.25) is 6.79 Å². The van der Waals surface area contributed by atoms with Gasteiger partial charge in [-0.05, 0) is 41.3 Å². The van der Waals surface area contributed by atoms with Crippen molar-refractivity contribution in [2.75, 3.05) is 26.3 Å². The summed E-state index contributed by atoms with van der Waals surface area (Å²) in [5.41, 5.74) is 1.79. The van der Waals surface area contributed by atoms with Crippen LogP contribution in [0.1, 0.15) is 10.4 Å². The Morgan fingerprint density at radius 1 is 1.00 bits per heavy atom. The first kappa shape index (κ1) is 20.9. The molecule has 0 spiro atoms. The number of thiophene rings is 1. The van der Waals surface area contributed by atoms with Gasteiger partial charge in [0.1, 0.15) is 17.2 Å². The fraction of sp³-hybridized carbons (Fsp3) is 0.167. The summed E-state index contributed by atoms with van der Waals surface area (Å²) in [4.78, 5) is 28.8. The summed E-state index contributed by atoms with van der Waals surface area (Å²) in [6, 6.07) is 14.2. The number of nitrogens with zero attached hydrogens (tertiary/aromatic N) is 1. The third kappa shape index (κ3) is 3.76. The fourth-order valence-corrected chi connectivity index (χ4v) is 4.52. The van der Waals surface area contributed by atoms with Gasteiger partial charge in [-0.2, -0.15) is 0 Å². The minimum absolute atomic E-state index is 0.101. The second-order valence-electron chi connectivity index (χ2n) is 7.30. The van der Waals surface area contributed by atoms with Crippen LogP contribution in [0.15, 0.2) is 59.6 Å². The van der Waals surface area contributed by atoms with Crippen molar-refractivity contribution in [1.82, 2.24) is 4.90 Å². The highest BCUT2D eigenvalue weighted by Gasteiger charge is 2.40. The predicted molar refractivity (Wildman–Crippen MR) is 123 cm³/mol. The first-order valence-corrected chi connectivity index (χ1v) is 11.0. The monoisotopic (exact) mass is 464 g/mol. The Kier molecular flexibility index (Phi) is 5.39. The molecule has 1 aromatic heterocycles. The van der Waals surface area contributed by atoms with Crippen LogP contribution in [0, 0.1) is 0 Å². The van der Waals surface area contributed by atoms with E-state index in [1.165, 1.54) is 23.3 Å². The number of benzene rings is 2. The van der Waals surface area contributed by atoms with Crippen molar-refractivity contribution in [1.29, 1.82) is 0 Å². The van der Waals surface area contributed by atoms with E-state index >= 15 is 0 Å². The van der Waals surface area contributed by atoms with Crippen molar-refractivity contribution in [3.63, 3.8) is 0 Å². The second-order valence-corrected chi connectivity index (χ2v) is 8.25. The summed E-state index contributed by atoms with van der Waals surface area (Å²) in [6.45, 7) is 0.254. The highest BCUT2D eigenvalue weighted by molar-refractivity contribution is 7.11. The second kappa shape index (κ2) is 8.51. The van der Waals surface area contributed by atoms with Crippen LogP contribution in [0.25, 0.3) is 5.57 Å². The molecule has 0 aliphatic carbocycles. The van der Waals surface area contributed by atoms with Crippen molar-refractivity contribution in [3.05, 3.63) is 70.0 Å². The average Bonchev–Trinajstić information content (AvgIpc) is 3.57. The van der Waals surface area contributed by atoms with E-state index in [-0.39, 0.29) is 24.9 Å². The normalized spacial score (nSPS) is 14.8. The lowest BCUT2D eigenvalue weighted by Gasteiger charge is -2.16. The number of fused-ring (bicyclic) bond motifs is 1. The van der Waals surface area contributed by atoms with E-state index in [9.17, 15) is 9.59 Å². The average molecular weight is 464 g/mol. The van der Waals surface area contributed by atoms with Crippen LogP contribution < -0.4 is 24.3 Å². The number of anilines is 1. The van der Waals surface area contributed by atoms with Crippen LogP contribution in [0.3, 0.4) is 0 Å². The maximum absolute atomic E-state index is 13.5. The lowest BCUT2D eigenvalue weighted by Crippen LogP contribution is -2.32. The first-order valence-electron chi connectivity index (χ1n) is 10.1. The van der Waals surface area contributed by atoms with Crippen molar-refractivity contribution >= 4 is 34.4 Å². The molecule has 5 rings (SSSR count). The van der Waals surface area contributed by atoms with Crippen molar-refractivity contribution in [2.45, 2.75) is 6.54 Å². The van der Waals surface area contributed by atoms with Crippen LogP contribution in [0.2, 0.25) is 0 Å². The minimum Gasteiger partial charge on any atom is -0.497 e. The maximum atomic E-state index is 13.5. The van der Waals surface area contributed by atoms with Crippen LogP contribution in [-0.4, -0.2) is 37.7 Å². The molecular formula is C24H20N2O6S. The van der Waals surface area contributed by atoms with Gasteiger partial charge in [-0.15, -0.1) is 11.3 Å². The Labute approximate surface area is 193 Å². The molecule has 33 heavy (non-hydrogen) atoms. The molecule has 0 fully saturated rings. The standard InChI is InChI=1S/C24H20N2O6S/c1-29-15-6-8-17(30-2)16(11-15)25-22-21(20-4-3-9-33-20)23(27)26(24(22)28)12-14-5-7-18-19(10-14)32-13-31-18/h3-11,25H,12-13H2,1-2H3. The summed E-state index contributed by atoms with van der Waals surface area (Å²) in [7, 11) is 3.09. The molecule has 2 aliphatic rings. The highest BCUT2D eigenvalue weighted by Crippen LogP contribution is 2.38. The number of rotatable bonds is 7. The quantitative estimate of drug-likeness (QED) is 0.531. The van der Waals surface area contributed by atoms with Gasteiger partial charge < -0.3 is 24.3 Å². The Balaban J connectivity index is 1.51. The molecule has 0 unspecified atom stereocenters. The Morgan fingerprint density at radius 3 is 2.61 bits per heavy atom. The van der Waals surface area contributed by atoms with E-state index in [4.69, 9.17) is 18.9 Å². The molecule has 0 saturated carbocycles. The molecule has 0 radical (unpaired) electrons. The van der Waals surface area contributed by atoms with E-state index in [0.717, 1.165) is 5.56 Å². The van der Waals surface area contributed by atoms with Gasteiger partial charge in [-0.25, -0.2) is 0 Å². The molecule has 1 N–H and O–H groups in total. The van der Waals surface area contributed by atoms with Gasteiger partial charge >= 0.3 is 0 Å².